The summed E-state index contributed by atoms with van der Waals surface area (Å²) >= 11 is 5.95. The lowest BCUT2D eigenvalue weighted by atomic mass is 10.1. The molecule has 23 heavy (non-hydrogen) atoms. The molecule has 1 fully saturated rings. The first-order valence-corrected chi connectivity index (χ1v) is 7.57. The first-order chi connectivity index (χ1) is 11.0. The van der Waals surface area contributed by atoms with Gasteiger partial charge in [-0.05, 0) is 30.3 Å². The maximum atomic E-state index is 12.3. The molecule has 2 N–H and O–H groups in total. The van der Waals surface area contributed by atoms with Gasteiger partial charge in [-0.3, -0.25) is 9.59 Å². The summed E-state index contributed by atoms with van der Waals surface area (Å²) in [4.78, 5) is 26.1. The molecule has 0 aliphatic carbocycles. The van der Waals surface area contributed by atoms with Crippen molar-refractivity contribution in [2.24, 2.45) is 5.92 Å². The van der Waals surface area contributed by atoms with Gasteiger partial charge in [0.25, 0.3) is 0 Å². The van der Waals surface area contributed by atoms with Crippen LogP contribution in [0.25, 0.3) is 0 Å². The molecule has 1 aliphatic heterocycles. The normalized spacial score (nSPS) is 17.3. The van der Waals surface area contributed by atoms with E-state index < -0.39 is 5.92 Å². The summed E-state index contributed by atoms with van der Waals surface area (Å²) < 4.78 is 0. The fourth-order valence-electron chi connectivity index (χ4n) is 2.59. The number of phenolic OH excluding ortho intramolecular Hbond substituents is 1. The van der Waals surface area contributed by atoms with Crippen LogP contribution in [0.15, 0.2) is 48.5 Å². The van der Waals surface area contributed by atoms with Crippen molar-refractivity contribution in [2.75, 3.05) is 16.8 Å². The van der Waals surface area contributed by atoms with Gasteiger partial charge in [0.2, 0.25) is 11.8 Å². The van der Waals surface area contributed by atoms with Gasteiger partial charge in [-0.25, -0.2) is 0 Å². The Morgan fingerprint density at radius 3 is 2.74 bits per heavy atom. The standard InChI is InChI=1S/C17H15ClN2O3/c18-12-4-3-5-13(9-12)20-10-11(8-16(20)22)17(23)19-14-6-1-2-7-15(14)21/h1-7,9,11,21H,8,10H2,(H,19,23). The van der Waals surface area contributed by atoms with Gasteiger partial charge < -0.3 is 15.3 Å². The summed E-state index contributed by atoms with van der Waals surface area (Å²) in [6.07, 6.45) is 0.131. The van der Waals surface area contributed by atoms with Crippen LogP contribution in [0.4, 0.5) is 11.4 Å². The average molecular weight is 331 g/mol. The lowest BCUT2D eigenvalue weighted by Gasteiger charge is -2.17. The second-order valence-electron chi connectivity index (χ2n) is 5.39. The molecule has 2 aromatic carbocycles. The second kappa shape index (κ2) is 6.30. The highest BCUT2D eigenvalue weighted by atomic mass is 35.5. The minimum atomic E-state index is -0.471. The number of nitrogens with one attached hydrogen (secondary N) is 1. The molecule has 5 nitrogen and oxygen atoms in total. The molecule has 2 amide bonds. The van der Waals surface area contributed by atoms with Crippen molar-refractivity contribution in [3.63, 3.8) is 0 Å². The number of benzene rings is 2. The van der Waals surface area contributed by atoms with Crippen molar-refractivity contribution in [3.8, 4) is 5.75 Å². The summed E-state index contributed by atoms with van der Waals surface area (Å²) in [6, 6.07) is 13.5. The Labute approximate surface area is 138 Å². The number of phenols is 1. The predicted molar refractivity (Wildman–Crippen MR) is 88.6 cm³/mol. The van der Waals surface area contributed by atoms with E-state index in [1.165, 1.54) is 6.07 Å². The highest BCUT2D eigenvalue weighted by Crippen LogP contribution is 2.29. The maximum Gasteiger partial charge on any atom is 0.229 e. The fraction of sp³-hybridized carbons (Fsp3) is 0.176. The van der Waals surface area contributed by atoms with E-state index in [4.69, 9.17) is 11.6 Å². The molecular formula is C17H15ClN2O3. The van der Waals surface area contributed by atoms with Crippen molar-refractivity contribution in [2.45, 2.75) is 6.42 Å². The molecule has 0 radical (unpaired) electrons. The number of rotatable bonds is 3. The molecule has 1 atom stereocenters. The van der Waals surface area contributed by atoms with Crippen molar-refractivity contribution >= 4 is 34.8 Å². The summed E-state index contributed by atoms with van der Waals surface area (Å²) in [6.45, 7) is 0.290. The van der Waals surface area contributed by atoms with Gasteiger partial charge in [0.15, 0.2) is 0 Å². The summed E-state index contributed by atoms with van der Waals surface area (Å²) in [7, 11) is 0. The summed E-state index contributed by atoms with van der Waals surface area (Å²) in [5.74, 6) is -0.882. The van der Waals surface area contributed by atoms with Crippen LogP contribution in [0.1, 0.15) is 6.42 Å². The Morgan fingerprint density at radius 2 is 2.00 bits per heavy atom. The second-order valence-corrected chi connectivity index (χ2v) is 5.83. The van der Waals surface area contributed by atoms with Crippen LogP contribution >= 0.6 is 11.6 Å². The smallest absolute Gasteiger partial charge is 0.229 e. The van der Waals surface area contributed by atoms with Crippen LogP contribution in [0.3, 0.4) is 0 Å². The van der Waals surface area contributed by atoms with E-state index in [2.05, 4.69) is 5.32 Å². The molecule has 1 aliphatic rings. The topological polar surface area (TPSA) is 69.6 Å². The number of carbonyl (C=O) groups is 2. The van der Waals surface area contributed by atoms with E-state index >= 15 is 0 Å². The molecule has 1 saturated heterocycles. The zero-order chi connectivity index (χ0) is 16.4. The highest BCUT2D eigenvalue weighted by Gasteiger charge is 2.35. The number of nitrogens with zero attached hydrogens (tertiary/aromatic N) is 1. The first kappa shape index (κ1) is 15.4. The third kappa shape index (κ3) is 3.29. The van der Waals surface area contributed by atoms with Crippen molar-refractivity contribution in [1.82, 2.24) is 0 Å². The molecule has 6 heteroatoms. The van der Waals surface area contributed by atoms with Crippen molar-refractivity contribution in [3.05, 3.63) is 53.6 Å². The number of amides is 2. The molecule has 2 aromatic rings. The minimum Gasteiger partial charge on any atom is -0.506 e. The average Bonchev–Trinajstić information content (AvgIpc) is 2.92. The molecular weight excluding hydrogens is 316 g/mol. The van der Waals surface area contributed by atoms with E-state index in [1.54, 1.807) is 47.4 Å². The highest BCUT2D eigenvalue weighted by molar-refractivity contribution is 6.31. The zero-order valence-electron chi connectivity index (χ0n) is 12.2. The quantitative estimate of drug-likeness (QED) is 0.850. The van der Waals surface area contributed by atoms with Crippen LogP contribution in [-0.4, -0.2) is 23.5 Å². The van der Waals surface area contributed by atoms with E-state index in [0.29, 0.717) is 22.9 Å². The van der Waals surface area contributed by atoms with Crippen LogP contribution in [0.5, 0.6) is 5.75 Å². The van der Waals surface area contributed by atoms with Gasteiger partial charge in [0.05, 0.1) is 11.6 Å². The van der Waals surface area contributed by atoms with Gasteiger partial charge >= 0.3 is 0 Å². The van der Waals surface area contributed by atoms with Gasteiger partial charge in [0.1, 0.15) is 5.75 Å². The number of hydrogen-bond donors (Lipinski definition) is 2. The number of anilines is 2. The van der Waals surface area contributed by atoms with Crippen LogP contribution < -0.4 is 10.2 Å². The van der Waals surface area contributed by atoms with E-state index in [9.17, 15) is 14.7 Å². The summed E-state index contributed by atoms with van der Waals surface area (Å²) in [5.41, 5.74) is 1.02. The molecule has 0 aromatic heterocycles. The number of halogens is 1. The van der Waals surface area contributed by atoms with Gasteiger partial charge in [0, 0.05) is 23.7 Å². The molecule has 1 unspecified atom stereocenters. The zero-order valence-corrected chi connectivity index (χ0v) is 13.0. The lowest BCUT2D eigenvalue weighted by Crippen LogP contribution is -2.28. The third-order valence-electron chi connectivity index (χ3n) is 3.78. The molecule has 118 valence electrons. The fourth-order valence-corrected chi connectivity index (χ4v) is 2.78. The van der Waals surface area contributed by atoms with Gasteiger partial charge in [-0.2, -0.15) is 0 Å². The van der Waals surface area contributed by atoms with E-state index in [-0.39, 0.29) is 24.0 Å². The van der Waals surface area contributed by atoms with Gasteiger partial charge in [-0.1, -0.05) is 29.8 Å². The SMILES string of the molecule is O=C(Nc1ccccc1O)C1CC(=O)N(c2cccc(Cl)c2)C1. The summed E-state index contributed by atoms with van der Waals surface area (Å²) in [5, 5.41) is 12.9. The Morgan fingerprint density at radius 1 is 1.22 bits per heavy atom. The van der Waals surface area contributed by atoms with Crippen molar-refractivity contribution < 1.29 is 14.7 Å². The molecule has 0 bridgehead atoms. The van der Waals surface area contributed by atoms with Crippen molar-refractivity contribution in [1.29, 1.82) is 0 Å². The number of carbonyl (C=O) groups excluding carboxylic acids is 2. The molecule has 0 spiro atoms. The predicted octanol–water partition coefficient (Wildman–Crippen LogP) is 3.04. The molecule has 1 heterocycles. The monoisotopic (exact) mass is 330 g/mol. The Hall–Kier alpha value is -2.53. The van der Waals surface area contributed by atoms with E-state index in [1.807, 2.05) is 0 Å². The first-order valence-electron chi connectivity index (χ1n) is 7.19. The third-order valence-corrected chi connectivity index (χ3v) is 4.01. The van der Waals surface area contributed by atoms with Crippen LogP contribution in [0, 0.1) is 5.92 Å². The molecule has 3 rings (SSSR count). The number of aromatic hydroxyl groups is 1. The molecule has 0 saturated carbocycles. The Kier molecular flexibility index (Phi) is 4.21. The Balaban J connectivity index is 1.72. The van der Waals surface area contributed by atoms with Crippen LogP contribution in [0.2, 0.25) is 5.02 Å². The number of para-hydroxylation sites is 2. The van der Waals surface area contributed by atoms with Crippen LogP contribution in [-0.2, 0) is 9.59 Å². The largest absolute Gasteiger partial charge is 0.506 e. The Bertz CT molecular complexity index is 763. The van der Waals surface area contributed by atoms with Gasteiger partial charge in [-0.15, -0.1) is 0 Å². The van der Waals surface area contributed by atoms with E-state index in [0.717, 1.165) is 0 Å². The lowest BCUT2D eigenvalue weighted by molar-refractivity contribution is -0.122. The number of hydrogen-bond acceptors (Lipinski definition) is 3. The minimum absolute atomic E-state index is 0.00290. The maximum absolute atomic E-state index is 12.3.